The Morgan fingerprint density at radius 1 is 1.30 bits per heavy atom. The number of hydrogen-bond acceptors (Lipinski definition) is 3. The van der Waals surface area contributed by atoms with Crippen molar-refractivity contribution in [2.45, 2.75) is 0 Å². The number of rotatable bonds is 3. The lowest BCUT2D eigenvalue weighted by atomic mass is 10.2. The van der Waals surface area contributed by atoms with Crippen LogP contribution < -0.4 is 15.8 Å². The number of nitrogen functional groups attached to an aromatic ring is 1. The molecule has 20 heavy (non-hydrogen) atoms. The van der Waals surface area contributed by atoms with E-state index in [4.69, 9.17) is 22.1 Å². The number of hydrogen-bond donors (Lipinski definition) is 2. The second-order valence-electron chi connectivity index (χ2n) is 4.04. The number of carbonyl (C=O) groups excluding carboxylic acids is 1. The van der Waals surface area contributed by atoms with Crippen molar-refractivity contribution < 1.29 is 9.53 Å². The Balaban J connectivity index is 2.25. The lowest BCUT2D eigenvalue weighted by Crippen LogP contribution is -2.13. The van der Waals surface area contributed by atoms with Gasteiger partial charge in [-0.15, -0.1) is 0 Å². The lowest BCUT2D eigenvalue weighted by molar-refractivity contribution is 0.102. The van der Waals surface area contributed by atoms with E-state index in [1.165, 1.54) is 7.11 Å². The van der Waals surface area contributed by atoms with E-state index in [0.29, 0.717) is 27.7 Å². The zero-order valence-corrected chi connectivity index (χ0v) is 13.5. The molecule has 0 aliphatic rings. The van der Waals surface area contributed by atoms with E-state index >= 15 is 0 Å². The highest BCUT2D eigenvalue weighted by Crippen LogP contribution is 2.26. The molecule has 0 fully saturated rings. The molecule has 0 aliphatic carbocycles. The summed E-state index contributed by atoms with van der Waals surface area (Å²) in [6, 6.07) is 10.2. The van der Waals surface area contributed by atoms with Crippen molar-refractivity contribution in [3.8, 4) is 5.75 Å². The van der Waals surface area contributed by atoms with E-state index in [0.717, 1.165) is 3.57 Å². The minimum absolute atomic E-state index is 0.233. The largest absolute Gasteiger partial charge is 0.495 e. The molecule has 0 radical (unpaired) electrons. The Morgan fingerprint density at radius 3 is 2.75 bits per heavy atom. The molecule has 2 aromatic rings. The fraction of sp³-hybridized carbons (Fsp3) is 0.0714. The van der Waals surface area contributed by atoms with Crippen molar-refractivity contribution in [3.05, 3.63) is 50.6 Å². The minimum atomic E-state index is -0.233. The van der Waals surface area contributed by atoms with Crippen LogP contribution in [0.15, 0.2) is 36.4 Å². The van der Waals surface area contributed by atoms with Crippen molar-refractivity contribution >= 4 is 51.5 Å². The van der Waals surface area contributed by atoms with Gasteiger partial charge in [0.2, 0.25) is 0 Å². The zero-order valence-electron chi connectivity index (χ0n) is 10.6. The highest BCUT2D eigenvalue weighted by molar-refractivity contribution is 14.1. The Morgan fingerprint density at radius 2 is 2.05 bits per heavy atom. The average molecular weight is 403 g/mol. The summed E-state index contributed by atoms with van der Waals surface area (Å²) < 4.78 is 5.94. The second-order valence-corrected chi connectivity index (χ2v) is 5.63. The maximum atomic E-state index is 12.2. The molecule has 2 rings (SSSR count). The first-order valence-corrected chi connectivity index (χ1v) is 7.17. The number of halogens is 2. The normalized spacial score (nSPS) is 10.2. The number of nitrogens with two attached hydrogens (primary N) is 1. The molecule has 0 aliphatic heterocycles. The van der Waals surface area contributed by atoms with Gasteiger partial charge < -0.3 is 15.8 Å². The summed E-state index contributed by atoms with van der Waals surface area (Å²) in [5, 5.41) is 3.31. The first-order valence-electron chi connectivity index (χ1n) is 5.71. The van der Waals surface area contributed by atoms with Crippen molar-refractivity contribution in [3.63, 3.8) is 0 Å². The van der Waals surface area contributed by atoms with Gasteiger partial charge in [0.25, 0.3) is 5.91 Å². The van der Waals surface area contributed by atoms with Gasteiger partial charge in [0.15, 0.2) is 0 Å². The number of anilines is 2. The van der Waals surface area contributed by atoms with Crippen molar-refractivity contribution in [2.24, 2.45) is 0 Å². The predicted molar refractivity (Wildman–Crippen MR) is 89.5 cm³/mol. The molecule has 0 aromatic heterocycles. The van der Waals surface area contributed by atoms with Crippen LogP contribution in [0.2, 0.25) is 5.02 Å². The number of amides is 1. The van der Waals surface area contributed by atoms with Crippen LogP contribution in [0.25, 0.3) is 0 Å². The number of methoxy groups -OCH3 is 1. The van der Waals surface area contributed by atoms with E-state index in [9.17, 15) is 4.79 Å². The minimum Gasteiger partial charge on any atom is -0.495 e. The Kier molecular flexibility index (Phi) is 4.72. The molecule has 0 atom stereocenters. The molecule has 1 amide bonds. The summed E-state index contributed by atoms with van der Waals surface area (Å²) >= 11 is 8.00. The average Bonchev–Trinajstić information content (AvgIpc) is 2.43. The van der Waals surface area contributed by atoms with Crippen LogP contribution in [-0.4, -0.2) is 13.0 Å². The SMILES string of the molecule is COc1cc(NC(=O)c2cc(Cl)ccc2I)ccc1N. The zero-order chi connectivity index (χ0) is 14.7. The number of benzene rings is 2. The van der Waals surface area contributed by atoms with E-state index in [-0.39, 0.29) is 5.91 Å². The Bertz CT molecular complexity index is 662. The summed E-state index contributed by atoms with van der Waals surface area (Å²) in [4.78, 5) is 12.2. The smallest absolute Gasteiger partial charge is 0.256 e. The van der Waals surface area contributed by atoms with E-state index in [1.54, 1.807) is 36.4 Å². The van der Waals surface area contributed by atoms with Gasteiger partial charge in [-0.25, -0.2) is 0 Å². The summed E-state index contributed by atoms with van der Waals surface area (Å²) in [7, 11) is 1.53. The highest BCUT2D eigenvalue weighted by atomic mass is 127. The van der Waals surface area contributed by atoms with Crippen LogP contribution in [0, 0.1) is 3.57 Å². The molecular formula is C14H12ClIN2O2. The summed E-state index contributed by atoms with van der Waals surface area (Å²) in [6.07, 6.45) is 0. The van der Waals surface area contributed by atoms with Gasteiger partial charge in [-0.3, -0.25) is 4.79 Å². The van der Waals surface area contributed by atoms with E-state index < -0.39 is 0 Å². The fourth-order valence-corrected chi connectivity index (χ4v) is 2.41. The van der Waals surface area contributed by atoms with Crippen molar-refractivity contribution in [1.82, 2.24) is 0 Å². The van der Waals surface area contributed by atoms with Crippen LogP contribution >= 0.6 is 34.2 Å². The topological polar surface area (TPSA) is 64.3 Å². The van der Waals surface area contributed by atoms with Gasteiger partial charge in [0.05, 0.1) is 18.4 Å². The van der Waals surface area contributed by atoms with Gasteiger partial charge in [-0.05, 0) is 52.9 Å². The van der Waals surface area contributed by atoms with Crippen molar-refractivity contribution in [2.75, 3.05) is 18.2 Å². The molecule has 0 saturated heterocycles. The number of nitrogens with one attached hydrogen (secondary N) is 1. The third-order valence-electron chi connectivity index (χ3n) is 2.66. The first-order chi connectivity index (χ1) is 9.51. The van der Waals surface area contributed by atoms with Gasteiger partial charge in [-0.2, -0.15) is 0 Å². The van der Waals surface area contributed by atoms with Crippen LogP contribution in [-0.2, 0) is 0 Å². The monoisotopic (exact) mass is 402 g/mol. The van der Waals surface area contributed by atoms with Gasteiger partial charge in [0.1, 0.15) is 5.75 Å². The third kappa shape index (κ3) is 3.34. The molecule has 0 saturated carbocycles. The maximum absolute atomic E-state index is 12.2. The molecule has 104 valence electrons. The van der Waals surface area contributed by atoms with Crippen LogP contribution in [0.1, 0.15) is 10.4 Å². The maximum Gasteiger partial charge on any atom is 0.256 e. The fourth-order valence-electron chi connectivity index (χ4n) is 1.66. The highest BCUT2D eigenvalue weighted by Gasteiger charge is 2.11. The molecule has 2 aromatic carbocycles. The van der Waals surface area contributed by atoms with Crippen molar-refractivity contribution in [1.29, 1.82) is 0 Å². The Labute approximate surface area is 135 Å². The molecule has 0 unspecified atom stereocenters. The van der Waals surface area contributed by atoms with Gasteiger partial charge in [-0.1, -0.05) is 11.6 Å². The van der Waals surface area contributed by atoms with Gasteiger partial charge >= 0.3 is 0 Å². The number of carbonyl (C=O) groups is 1. The molecule has 4 nitrogen and oxygen atoms in total. The molecule has 6 heteroatoms. The number of ether oxygens (including phenoxy) is 1. The van der Waals surface area contributed by atoms with E-state index in [1.807, 2.05) is 0 Å². The van der Waals surface area contributed by atoms with Crippen LogP contribution in [0.5, 0.6) is 5.75 Å². The standard InChI is InChI=1S/C14H12ClIN2O2/c1-20-13-7-9(3-5-12(13)17)18-14(19)10-6-8(15)2-4-11(10)16/h2-7H,17H2,1H3,(H,18,19). The predicted octanol–water partition coefficient (Wildman–Crippen LogP) is 3.79. The summed E-state index contributed by atoms with van der Waals surface area (Å²) in [5.74, 6) is 0.285. The second kappa shape index (κ2) is 6.32. The molecular weight excluding hydrogens is 391 g/mol. The molecule has 3 N–H and O–H groups in total. The summed E-state index contributed by atoms with van der Waals surface area (Å²) in [5.41, 5.74) is 7.38. The van der Waals surface area contributed by atoms with E-state index in [2.05, 4.69) is 27.9 Å². The molecule has 0 spiro atoms. The Hall–Kier alpha value is -1.47. The first kappa shape index (κ1) is 14.9. The van der Waals surface area contributed by atoms with Crippen LogP contribution in [0.3, 0.4) is 0 Å². The van der Waals surface area contributed by atoms with Gasteiger partial charge in [0, 0.05) is 20.3 Å². The lowest BCUT2D eigenvalue weighted by Gasteiger charge is -2.10. The third-order valence-corrected chi connectivity index (χ3v) is 3.84. The summed E-state index contributed by atoms with van der Waals surface area (Å²) in [6.45, 7) is 0. The molecule has 0 heterocycles. The molecule has 0 bridgehead atoms. The quantitative estimate of drug-likeness (QED) is 0.606. The van der Waals surface area contributed by atoms with Crippen LogP contribution in [0.4, 0.5) is 11.4 Å².